The number of likely N-dealkylation sites (N-methyl/N-ethyl adjacent to an activating group) is 1. The number of ether oxygens (including phenoxy) is 2. The molecule has 188 valence electrons. The number of fused-ring (bicyclic) bond motifs is 2. The highest BCUT2D eigenvalue weighted by atomic mass is 35.5. The van der Waals surface area contributed by atoms with Crippen LogP contribution in [-0.2, 0) is 10.2 Å². The second-order valence-electron chi connectivity index (χ2n) is 10.1. The molecule has 0 unspecified atom stereocenters. The van der Waals surface area contributed by atoms with E-state index in [1.807, 2.05) is 31.2 Å². The van der Waals surface area contributed by atoms with Crippen LogP contribution in [0.1, 0.15) is 34.5 Å². The molecule has 3 aromatic rings. The Balaban J connectivity index is 1.42. The third-order valence-corrected chi connectivity index (χ3v) is 7.96. The Kier molecular flexibility index (Phi) is 5.90. The Hall–Kier alpha value is -3.07. The molecule has 1 aromatic carbocycles. The number of hydrogen-bond acceptors (Lipinski definition) is 6. The van der Waals surface area contributed by atoms with Crippen LogP contribution in [0.2, 0.25) is 5.02 Å². The number of hydrogen-bond donors (Lipinski definition) is 3. The molecule has 1 spiro atoms. The number of anilines is 2. The summed E-state index contributed by atoms with van der Waals surface area (Å²) in [7, 11) is 2.09. The zero-order chi connectivity index (χ0) is 24.9. The molecule has 0 bridgehead atoms. The highest BCUT2D eigenvalue weighted by molar-refractivity contribution is 6.31. The van der Waals surface area contributed by atoms with Crippen LogP contribution in [0.25, 0.3) is 11.3 Å². The van der Waals surface area contributed by atoms with Gasteiger partial charge in [0.1, 0.15) is 18.5 Å². The highest BCUT2D eigenvalue weighted by Gasteiger charge is 2.51. The van der Waals surface area contributed by atoms with E-state index < -0.39 is 0 Å². The van der Waals surface area contributed by atoms with Gasteiger partial charge in [0.15, 0.2) is 0 Å². The van der Waals surface area contributed by atoms with Gasteiger partial charge in [-0.15, -0.1) is 0 Å². The number of pyridine rings is 1. The van der Waals surface area contributed by atoms with Crippen LogP contribution in [0.15, 0.2) is 36.7 Å². The number of aromatic nitrogens is 2. The van der Waals surface area contributed by atoms with Gasteiger partial charge in [0.2, 0.25) is 0 Å². The maximum atomic E-state index is 13.2. The first kappa shape index (κ1) is 23.3. The molecule has 1 atom stereocenters. The third-order valence-electron chi connectivity index (χ3n) is 7.55. The Bertz CT molecular complexity index is 1320. The lowest BCUT2D eigenvalue weighted by Gasteiger charge is -2.30. The first-order valence-electron chi connectivity index (χ1n) is 12.4. The summed E-state index contributed by atoms with van der Waals surface area (Å²) in [6.45, 7) is 5.47. The molecule has 3 aliphatic rings. The van der Waals surface area contributed by atoms with E-state index >= 15 is 0 Å². The van der Waals surface area contributed by atoms with Gasteiger partial charge in [0.25, 0.3) is 5.91 Å². The molecule has 2 aliphatic heterocycles. The van der Waals surface area contributed by atoms with Gasteiger partial charge in [-0.2, -0.15) is 0 Å². The summed E-state index contributed by atoms with van der Waals surface area (Å²) in [5.41, 5.74) is 5.76. The summed E-state index contributed by atoms with van der Waals surface area (Å²) in [5, 5.41) is 7.31. The maximum Gasteiger partial charge on any atom is 0.255 e. The van der Waals surface area contributed by atoms with E-state index in [0.29, 0.717) is 36.1 Å². The smallest absolute Gasteiger partial charge is 0.255 e. The number of nitrogens with zero attached hydrogens (tertiary/aromatic N) is 2. The Morgan fingerprint density at radius 1 is 1.33 bits per heavy atom. The quantitative estimate of drug-likeness (QED) is 0.461. The molecular weight excluding hydrogens is 478 g/mol. The van der Waals surface area contributed by atoms with Gasteiger partial charge in [-0.05, 0) is 50.6 Å². The van der Waals surface area contributed by atoms with Gasteiger partial charge in [-0.3, -0.25) is 9.78 Å². The zero-order valence-corrected chi connectivity index (χ0v) is 21.2. The fraction of sp³-hybridized carbons (Fsp3) is 0.407. The van der Waals surface area contributed by atoms with Crippen molar-refractivity contribution in [2.45, 2.75) is 31.3 Å². The average molecular weight is 508 g/mol. The largest absolute Gasteiger partial charge is 0.488 e. The van der Waals surface area contributed by atoms with E-state index in [4.69, 9.17) is 21.1 Å². The minimum Gasteiger partial charge on any atom is -0.488 e. The Labute approximate surface area is 215 Å². The fourth-order valence-corrected chi connectivity index (χ4v) is 5.36. The predicted octanol–water partition coefficient (Wildman–Crippen LogP) is 4.27. The number of halogens is 1. The number of benzene rings is 1. The molecule has 4 heterocycles. The van der Waals surface area contributed by atoms with Crippen LogP contribution < -0.4 is 15.4 Å². The van der Waals surface area contributed by atoms with Crippen molar-refractivity contribution in [1.29, 1.82) is 0 Å². The number of aromatic amines is 1. The number of carbonyl (C=O) groups excluding carboxylic acids is 1. The van der Waals surface area contributed by atoms with Gasteiger partial charge in [0.05, 0.1) is 29.7 Å². The molecule has 2 aromatic heterocycles. The number of nitrogens with one attached hydrogen (secondary N) is 3. The molecule has 3 N–H and O–H groups in total. The van der Waals surface area contributed by atoms with Crippen LogP contribution in [-0.4, -0.2) is 66.8 Å². The minimum absolute atomic E-state index is 0.0131. The molecule has 1 aliphatic carbocycles. The fourth-order valence-electron chi connectivity index (χ4n) is 5.19. The molecule has 2 fully saturated rings. The van der Waals surface area contributed by atoms with E-state index in [1.54, 1.807) is 12.4 Å². The van der Waals surface area contributed by atoms with E-state index in [1.165, 1.54) is 0 Å². The van der Waals surface area contributed by atoms with Crippen LogP contribution in [0.3, 0.4) is 0 Å². The second-order valence-corrected chi connectivity index (χ2v) is 10.5. The van der Waals surface area contributed by atoms with Crippen molar-refractivity contribution in [1.82, 2.24) is 20.2 Å². The molecule has 1 saturated carbocycles. The van der Waals surface area contributed by atoms with Gasteiger partial charge in [-0.1, -0.05) is 17.7 Å². The van der Waals surface area contributed by atoms with Crippen molar-refractivity contribution in [3.8, 4) is 17.0 Å². The van der Waals surface area contributed by atoms with Gasteiger partial charge in [0, 0.05) is 53.2 Å². The first-order chi connectivity index (χ1) is 17.4. The third kappa shape index (κ3) is 4.13. The summed E-state index contributed by atoms with van der Waals surface area (Å²) in [6, 6.07) is 7.66. The predicted molar refractivity (Wildman–Crippen MR) is 139 cm³/mol. The minimum atomic E-state index is -0.0811. The molecule has 0 radical (unpaired) electrons. The van der Waals surface area contributed by atoms with Crippen molar-refractivity contribution in [3.63, 3.8) is 0 Å². The number of H-pyrrole nitrogens is 1. The van der Waals surface area contributed by atoms with Crippen LogP contribution in [0.4, 0.5) is 11.4 Å². The van der Waals surface area contributed by atoms with E-state index in [0.717, 1.165) is 59.8 Å². The lowest BCUT2D eigenvalue weighted by Crippen LogP contribution is -2.42. The standard InChI is InChI=1S/C27H30ClN5O3/c1-16-19(28)4-3-5-20(16)31-24-22-25(27(7-8-27)15-30-26(22)34)32-23(24)18-6-9-29-12-21(18)36-14-17-13-33(2)10-11-35-17/h3-6,9,12,17,31-32H,7-8,10-11,13-15H2,1-2H3,(H,30,34)/t17-/m1/s1. The normalized spacial score (nSPS) is 20.6. The molecule has 36 heavy (non-hydrogen) atoms. The first-order valence-corrected chi connectivity index (χ1v) is 12.8. The molecule has 6 rings (SSSR count). The lowest BCUT2D eigenvalue weighted by atomic mass is 9.93. The summed E-state index contributed by atoms with van der Waals surface area (Å²) < 4.78 is 12.2. The second kappa shape index (κ2) is 9.10. The summed E-state index contributed by atoms with van der Waals surface area (Å²) in [4.78, 5) is 23.4. The van der Waals surface area contributed by atoms with Crippen molar-refractivity contribution in [3.05, 3.63) is 58.5 Å². The van der Waals surface area contributed by atoms with E-state index in [-0.39, 0.29) is 17.4 Å². The average Bonchev–Trinajstić information content (AvgIpc) is 3.56. The zero-order valence-electron chi connectivity index (χ0n) is 20.5. The Morgan fingerprint density at radius 2 is 2.19 bits per heavy atom. The SMILES string of the molecule is Cc1c(Cl)cccc1Nc1c(-c2ccncc2OC[C@H]2CN(C)CCO2)[nH]c2c1C(=O)NCC21CC1. The number of carbonyl (C=O) groups is 1. The van der Waals surface area contributed by atoms with E-state index in [9.17, 15) is 4.79 Å². The van der Waals surface area contributed by atoms with E-state index in [2.05, 4.69) is 32.5 Å². The summed E-state index contributed by atoms with van der Waals surface area (Å²) in [6.07, 6.45) is 5.54. The van der Waals surface area contributed by atoms with Crippen LogP contribution in [0.5, 0.6) is 5.75 Å². The topological polar surface area (TPSA) is 91.5 Å². The van der Waals surface area contributed by atoms with Crippen LogP contribution in [0, 0.1) is 6.92 Å². The Morgan fingerprint density at radius 3 is 3.00 bits per heavy atom. The molecule has 9 heteroatoms. The van der Waals surface area contributed by atoms with Crippen molar-refractivity contribution < 1.29 is 14.3 Å². The van der Waals surface area contributed by atoms with Crippen LogP contribution >= 0.6 is 11.6 Å². The molecule has 1 saturated heterocycles. The number of amides is 1. The van der Waals surface area contributed by atoms with Crippen molar-refractivity contribution >= 4 is 28.9 Å². The van der Waals surface area contributed by atoms with Gasteiger partial charge >= 0.3 is 0 Å². The maximum absolute atomic E-state index is 13.2. The van der Waals surface area contributed by atoms with Crippen molar-refractivity contribution in [2.75, 3.05) is 45.2 Å². The molecule has 1 amide bonds. The number of morpholine rings is 1. The van der Waals surface area contributed by atoms with Gasteiger partial charge < -0.3 is 30.0 Å². The lowest BCUT2D eigenvalue weighted by molar-refractivity contribution is -0.0403. The summed E-state index contributed by atoms with van der Waals surface area (Å²) >= 11 is 6.42. The molecular formula is C27H30ClN5O3. The monoisotopic (exact) mass is 507 g/mol. The van der Waals surface area contributed by atoms with Crippen molar-refractivity contribution in [2.24, 2.45) is 0 Å². The summed E-state index contributed by atoms with van der Waals surface area (Å²) in [5.74, 6) is 0.561. The van der Waals surface area contributed by atoms with Gasteiger partial charge in [-0.25, -0.2) is 0 Å². The molecule has 8 nitrogen and oxygen atoms in total. The number of rotatable bonds is 6. The highest BCUT2D eigenvalue weighted by Crippen LogP contribution is 2.54.